The Morgan fingerprint density at radius 2 is 1.84 bits per heavy atom. The Kier molecular flexibility index (Phi) is 3.20. The van der Waals surface area contributed by atoms with Crippen molar-refractivity contribution in [3.05, 3.63) is 17.9 Å². The quantitative estimate of drug-likeness (QED) is 0.776. The molecule has 1 aromatic heterocycles. The highest BCUT2D eigenvalue weighted by atomic mass is 28.3. The molecule has 1 aliphatic rings. The van der Waals surface area contributed by atoms with E-state index in [-0.39, 0.29) is 10.6 Å². The number of ether oxygens (including phenoxy) is 1. The Bertz CT molecular complexity index is 506. The van der Waals surface area contributed by atoms with Crippen molar-refractivity contribution in [2.24, 2.45) is 4.99 Å². The SMILES string of the molecule is CC1(C)COC(c2ccc([Si](C)(C)C(C)(C)C)o2)=N1. The van der Waals surface area contributed by atoms with E-state index in [0.717, 1.165) is 11.1 Å². The van der Waals surface area contributed by atoms with Crippen LogP contribution in [-0.2, 0) is 4.74 Å². The Morgan fingerprint density at radius 1 is 1.21 bits per heavy atom. The van der Waals surface area contributed by atoms with Crippen LogP contribution in [0.2, 0.25) is 18.1 Å². The van der Waals surface area contributed by atoms with Crippen molar-refractivity contribution in [3.8, 4) is 0 Å². The van der Waals surface area contributed by atoms with E-state index >= 15 is 0 Å². The molecule has 0 amide bonds. The van der Waals surface area contributed by atoms with Gasteiger partial charge in [-0.2, -0.15) is 0 Å². The second-order valence-electron chi connectivity index (χ2n) is 7.56. The van der Waals surface area contributed by atoms with Crippen molar-refractivity contribution in [2.45, 2.75) is 58.3 Å². The van der Waals surface area contributed by atoms with E-state index in [4.69, 9.17) is 9.15 Å². The maximum Gasteiger partial charge on any atom is 0.253 e. The van der Waals surface area contributed by atoms with Gasteiger partial charge in [0.05, 0.1) is 10.9 Å². The minimum atomic E-state index is -1.62. The Morgan fingerprint density at radius 3 is 2.32 bits per heavy atom. The highest BCUT2D eigenvalue weighted by Crippen LogP contribution is 2.36. The zero-order valence-corrected chi connectivity index (χ0v) is 14.1. The van der Waals surface area contributed by atoms with Crippen molar-refractivity contribution < 1.29 is 9.15 Å². The molecule has 0 bridgehead atoms. The largest absolute Gasteiger partial charge is 0.473 e. The van der Waals surface area contributed by atoms with E-state index < -0.39 is 8.07 Å². The number of nitrogens with zero attached hydrogens (tertiary/aromatic N) is 1. The van der Waals surface area contributed by atoms with Gasteiger partial charge in [0.2, 0.25) is 0 Å². The second kappa shape index (κ2) is 4.23. The van der Waals surface area contributed by atoms with Crippen LogP contribution in [0.1, 0.15) is 40.4 Å². The van der Waals surface area contributed by atoms with Crippen LogP contribution in [0.15, 0.2) is 21.5 Å². The molecule has 4 heteroatoms. The van der Waals surface area contributed by atoms with Crippen LogP contribution in [0.4, 0.5) is 0 Å². The minimum absolute atomic E-state index is 0.140. The molecule has 3 nitrogen and oxygen atoms in total. The molecule has 19 heavy (non-hydrogen) atoms. The molecule has 0 saturated carbocycles. The maximum atomic E-state index is 6.06. The molecule has 0 atom stereocenters. The zero-order chi connectivity index (χ0) is 14.5. The molecule has 0 N–H and O–H groups in total. The first-order valence-electron chi connectivity index (χ1n) is 6.86. The van der Waals surface area contributed by atoms with Crippen LogP contribution >= 0.6 is 0 Å². The number of rotatable bonds is 2. The van der Waals surface area contributed by atoms with Gasteiger partial charge in [-0.05, 0) is 31.0 Å². The third-order valence-corrected chi connectivity index (χ3v) is 9.52. The summed E-state index contributed by atoms with van der Waals surface area (Å²) in [6.07, 6.45) is 0. The van der Waals surface area contributed by atoms with Crippen LogP contribution in [0, 0.1) is 0 Å². The number of aliphatic imine (C=N–C) groups is 1. The molecule has 2 heterocycles. The lowest BCUT2D eigenvalue weighted by Crippen LogP contribution is -2.48. The fraction of sp³-hybridized carbons (Fsp3) is 0.667. The van der Waals surface area contributed by atoms with E-state index in [1.807, 2.05) is 6.07 Å². The molecule has 0 unspecified atom stereocenters. The number of hydrogen-bond acceptors (Lipinski definition) is 3. The summed E-state index contributed by atoms with van der Waals surface area (Å²) in [7, 11) is -1.62. The fourth-order valence-electron chi connectivity index (χ4n) is 1.87. The van der Waals surface area contributed by atoms with E-state index in [1.54, 1.807) is 0 Å². The van der Waals surface area contributed by atoms with Gasteiger partial charge in [0.1, 0.15) is 14.7 Å². The molecule has 1 aromatic rings. The predicted molar refractivity (Wildman–Crippen MR) is 82.1 cm³/mol. The van der Waals surface area contributed by atoms with Crippen LogP contribution in [0.5, 0.6) is 0 Å². The summed E-state index contributed by atoms with van der Waals surface area (Å²) in [5.41, 5.74) is -0.140. The molecule has 106 valence electrons. The predicted octanol–water partition coefficient (Wildman–Crippen LogP) is 3.55. The minimum Gasteiger partial charge on any atom is -0.473 e. The molecular formula is C15H25NO2Si. The summed E-state index contributed by atoms with van der Waals surface area (Å²) in [5.74, 6) is 1.42. The molecule has 0 fully saturated rings. The molecule has 0 aliphatic carbocycles. The monoisotopic (exact) mass is 279 g/mol. The first-order chi connectivity index (χ1) is 8.53. The summed E-state index contributed by atoms with van der Waals surface area (Å²) >= 11 is 0. The third kappa shape index (κ3) is 2.64. The van der Waals surface area contributed by atoms with Gasteiger partial charge in [-0.3, -0.25) is 0 Å². The first kappa shape index (κ1) is 14.4. The number of furan rings is 1. The summed E-state index contributed by atoms with van der Waals surface area (Å²) in [4.78, 5) is 4.56. The Hall–Kier alpha value is -1.03. The van der Waals surface area contributed by atoms with Gasteiger partial charge in [0.15, 0.2) is 5.76 Å². The highest BCUT2D eigenvalue weighted by Gasteiger charge is 2.40. The average molecular weight is 279 g/mol. The smallest absolute Gasteiger partial charge is 0.253 e. The lowest BCUT2D eigenvalue weighted by atomic mass is 10.1. The van der Waals surface area contributed by atoms with E-state index in [9.17, 15) is 0 Å². The van der Waals surface area contributed by atoms with E-state index in [0.29, 0.717) is 12.5 Å². The first-order valence-corrected chi connectivity index (χ1v) is 9.86. The molecular weight excluding hydrogens is 254 g/mol. The second-order valence-corrected chi connectivity index (χ2v) is 12.8. The summed E-state index contributed by atoms with van der Waals surface area (Å²) in [6.45, 7) is 16.3. The summed E-state index contributed by atoms with van der Waals surface area (Å²) < 4.78 is 11.7. The lowest BCUT2D eigenvalue weighted by molar-refractivity contribution is 0.276. The van der Waals surface area contributed by atoms with Crippen LogP contribution in [0.25, 0.3) is 0 Å². The Balaban J connectivity index is 2.31. The highest BCUT2D eigenvalue weighted by molar-refractivity contribution is 6.91. The third-order valence-electron chi connectivity index (χ3n) is 4.27. The van der Waals surface area contributed by atoms with Gasteiger partial charge in [-0.15, -0.1) is 0 Å². The maximum absolute atomic E-state index is 6.06. The van der Waals surface area contributed by atoms with Gasteiger partial charge in [-0.25, -0.2) is 4.99 Å². The van der Waals surface area contributed by atoms with Gasteiger partial charge in [-0.1, -0.05) is 33.9 Å². The van der Waals surface area contributed by atoms with Crippen molar-refractivity contribution in [1.29, 1.82) is 0 Å². The lowest BCUT2D eigenvalue weighted by Gasteiger charge is -2.34. The van der Waals surface area contributed by atoms with Crippen LogP contribution < -0.4 is 5.38 Å². The molecule has 0 saturated heterocycles. The fourth-order valence-corrected chi connectivity index (χ4v) is 3.47. The molecule has 1 aliphatic heterocycles. The van der Waals surface area contributed by atoms with Gasteiger partial charge in [0, 0.05) is 0 Å². The van der Waals surface area contributed by atoms with Gasteiger partial charge >= 0.3 is 0 Å². The molecule has 0 aromatic carbocycles. The molecule has 0 spiro atoms. The van der Waals surface area contributed by atoms with Crippen molar-refractivity contribution in [2.75, 3.05) is 6.61 Å². The van der Waals surface area contributed by atoms with Gasteiger partial charge in [0.25, 0.3) is 5.90 Å². The zero-order valence-electron chi connectivity index (χ0n) is 13.1. The average Bonchev–Trinajstić information content (AvgIpc) is 2.82. The topological polar surface area (TPSA) is 34.7 Å². The molecule has 0 radical (unpaired) electrons. The normalized spacial score (nSPS) is 19.2. The van der Waals surface area contributed by atoms with Gasteiger partial charge < -0.3 is 9.15 Å². The van der Waals surface area contributed by atoms with Crippen molar-refractivity contribution in [1.82, 2.24) is 0 Å². The number of hydrogen-bond donors (Lipinski definition) is 0. The summed E-state index contributed by atoms with van der Waals surface area (Å²) in [5, 5.41) is 1.38. The molecule has 2 rings (SSSR count). The van der Waals surface area contributed by atoms with Crippen molar-refractivity contribution >= 4 is 19.4 Å². The standard InChI is InChI=1S/C15H25NO2Si/c1-14(2,3)19(6,7)12-9-8-11(18-12)13-16-15(4,5)10-17-13/h8-9H,10H2,1-7H3. The Labute approximate surface area is 117 Å². The summed E-state index contributed by atoms with van der Waals surface area (Å²) in [6, 6.07) is 4.10. The van der Waals surface area contributed by atoms with Crippen LogP contribution in [0.3, 0.4) is 0 Å². The van der Waals surface area contributed by atoms with Crippen molar-refractivity contribution in [3.63, 3.8) is 0 Å². The van der Waals surface area contributed by atoms with Crippen LogP contribution in [-0.4, -0.2) is 26.1 Å². The van der Waals surface area contributed by atoms with E-state index in [1.165, 1.54) is 0 Å². The van der Waals surface area contributed by atoms with E-state index in [2.05, 4.69) is 58.8 Å².